The summed E-state index contributed by atoms with van der Waals surface area (Å²) in [4.78, 5) is 22.5. The van der Waals surface area contributed by atoms with Gasteiger partial charge < -0.3 is 19.8 Å². The molecular weight excluding hydrogens is 298 g/mol. The quantitative estimate of drug-likeness (QED) is 0.196. The van der Waals surface area contributed by atoms with E-state index in [0.29, 0.717) is 6.42 Å². The molecule has 0 radical (unpaired) electrons. The molecule has 0 saturated carbocycles. The molecule has 0 fully saturated rings. The Morgan fingerprint density at radius 3 is 1.48 bits per heavy atom. The van der Waals surface area contributed by atoms with Gasteiger partial charge in [-0.3, -0.25) is 0 Å². The van der Waals surface area contributed by atoms with E-state index in [9.17, 15) is 19.8 Å². The van der Waals surface area contributed by atoms with Crippen LogP contribution in [0.25, 0.3) is 0 Å². The number of hydrogen-bond acceptors (Lipinski definition) is 4. The van der Waals surface area contributed by atoms with Crippen molar-refractivity contribution in [1.82, 2.24) is 0 Å². The Hall–Kier alpha value is 0.537. The van der Waals surface area contributed by atoms with Gasteiger partial charge in [0.2, 0.25) is 0 Å². The summed E-state index contributed by atoms with van der Waals surface area (Å²) in [6.07, 6.45) is 9.98. The second kappa shape index (κ2) is 16.0. The SMILES string of the molecule is CCCCCCCCCCCC(C(=O)[O-])(C(=O)[O-])C(C)C.[Li+].[Na+]. The van der Waals surface area contributed by atoms with Gasteiger partial charge >= 0.3 is 48.4 Å². The molecule has 0 N–H and O–H groups in total. The number of rotatable bonds is 13. The normalized spacial score (nSPS) is 10.8. The van der Waals surface area contributed by atoms with Crippen LogP contribution in [0.5, 0.6) is 0 Å². The van der Waals surface area contributed by atoms with Gasteiger partial charge in [0.25, 0.3) is 0 Å². The first-order chi connectivity index (χ1) is 9.89. The van der Waals surface area contributed by atoms with Gasteiger partial charge in [0, 0.05) is 0 Å². The van der Waals surface area contributed by atoms with Gasteiger partial charge in [0.15, 0.2) is 0 Å². The molecule has 0 amide bonds. The van der Waals surface area contributed by atoms with Crippen LogP contribution in [0.15, 0.2) is 0 Å². The maximum Gasteiger partial charge on any atom is 1.00 e. The summed E-state index contributed by atoms with van der Waals surface area (Å²) in [7, 11) is 0. The summed E-state index contributed by atoms with van der Waals surface area (Å²) in [5, 5.41) is 22.5. The summed E-state index contributed by atoms with van der Waals surface area (Å²) < 4.78 is 0. The fourth-order valence-electron chi connectivity index (χ4n) is 2.76. The Labute approximate surface area is 175 Å². The van der Waals surface area contributed by atoms with E-state index in [1.807, 2.05) is 0 Å². The first kappa shape index (κ1) is 28.3. The molecule has 0 aliphatic rings. The summed E-state index contributed by atoms with van der Waals surface area (Å²) in [5.74, 6) is -3.56. The minimum absolute atomic E-state index is 0. The molecule has 0 aliphatic heterocycles. The first-order valence-corrected chi connectivity index (χ1v) is 8.32. The predicted molar refractivity (Wildman–Crippen MR) is 79.1 cm³/mol. The fraction of sp³-hybridized carbons (Fsp3) is 0.882. The number of unbranched alkanes of at least 4 members (excludes halogenated alkanes) is 8. The first-order valence-electron chi connectivity index (χ1n) is 8.32. The van der Waals surface area contributed by atoms with E-state index in [1.54, 1.807) is 13.8 Å². The number of hydrogen-bond donors (Lipinski definition) is 0. The van der Waals surface area contributed by atoms with Crippen molar-refractivity contribution in [3.05, 3.63) is 0 Å². The molecule has 124 valence electrons. The van der Waals surface area contributed by atoms with Crippen molar-refractivity contribution in [2.24, 2.45) is 11.3 Å². The maximum absolute atomic E-state index is 11.2. The Balaban J connectivity index is -0.00000200. The van der Waals surface area contributed by atoms with Gasteiger partial charge in [-0.1, -0.05) is 78.6 Å². The van der Waals surface area contributed by atoms with Crippen LogP contribution >= 0.6 is 0 Å². The van der Waals surface area contributed by atoms with Crippen LogP contribution in [0.2, 0.25) is 0 Å². The topological polar surface area (TPSA) is 80.3 Å². The number of carbonyl (C=O) groups is 2. The summed E-state index contributed by atoms with van der Waals surface area (Å²) in [6.45, 7) is 5.38. The van der Waals surface area contributed by atoms with E-state index in [1.165, 1.54) is 32.1 Å². The molecule has 0 unspecified atom stereocenters. The molecule has 6 heteroatoms. The van der Waals surface area contributed by atoms with Gasteiger partial charge in [-0.15, -0.1) is 0 Å². The molecule has 0 aromatic carbocycles. The Bertz CT molecular complexity index is 308. The molecule has 0 bridgehead atoms. The average Bonchev–Trinajstić information content (AvgIpc) is 2.39. The van der Waals surface area contributed by atoms with Gasteiger partial charge in [-0.05, 0) is 12.3 Å². The third-order valence-corrected chi connectivity index (χ3v) is 4.39. The van der Waals surface area contributed by atoms with Crippen LogP contribution in [0.4, 0.5) is 0 Å². The molecule has 0 aliphatic carbocycles. The van der Waals surface area contributed by atoms with Gasteiger partial charge in [-0.2, -0.15) is 0 Å². The maximum atomic E-state index is 11.2. The zero-order valence-corrected chi connectivity index (χ0v) is 17.8. The van der Waals surface area contributed by atoms with Gasteiger partial charge in [0.05, 0.1) is 17.4 Å². The average molecular weight is 328 g/mol. The van der Waals surface area contributed by atoms with Crippen molar-refractivity contribution in [2.75, 3.05) is 0 Å². The van der Waals surface area contributed by atoms with Crippen LogP contribution in [0, 0.1) is 11.3 Å². The molecule has 0 spiro atoms. The van der Waals surface area contributed by atoms with Crippen molar-refractivity contribution >= 4 is 11.9 Å². The van der Waals surface area contributed by atoms with E-state index in [2.05, 4.69) is 6.92 Å². The molecule has 0 saturated heterocycles. The summed E-state index contributed by atoms with van der Waals surface area (Å²) >= 11 is 0. The molecule has 4 nitrogen and oxygen atoms in total. The summed E-state index contributed by atoms with van der Waals surface area (Å²) in [5.41, 5.74) is -1.85. The fourth-order valence-corrected chi connectivity index (χ4v) is 2.76. The minimum atomic E-state index is -1.85. The molecular formula is C17H30LiNaO4. The third kappa shape index (κ3) is 10.2. The number of carbonyl (C=O) groups excluding carboxylic acids is 2. The van der Waals surface area contributed by atoms with E-state index in [0.717, 1.165) is 19.3 Å². The number of carboxylic acids is 2. The van der Waals surface area contributed by atoms with E-state index < -0.39 is 23.3 Å². The largest absolute Gasteiger partial charge is 1.00 e. The standard InChI is InChI=1S/C17H32O4.Li.Na/c1-4-5-6-7-8-9-10-11-12-13-17(14(2)3,15(18)19)16(20)21;;/h14H,4-13H2,1-3H3,(H,18,19)(H,20,21);;/q;2*+1/p-2. The number of aliphatic carboxylic acids is 2. The van der Waals surface area contributed by atoms with Crippen molar-refractivity contribution in [1.29, 1.82) is 0 Å². The zero-order valence-electron chi connectivity index (χ0n) is 15.8. The smallest absolute Gasteiger partial charge is 0.549 e. The van der Waals surface area contributed by atoms with Crippen LogP contribution in [-0.4, -0.2) is 11.9 Å². The predicted octanol–water partition coefficient (Wildman–Crippen LogP) is -3.94. The Morgan fingerprint density at radius 1 is 0.826 bits per heavy atom. The molecule has 0 heterocycles. The molecule has 0 aromatic heterocycles. The van der Waals surface area contributed by atoms with Crippen LogP contribution in [-0.2, 0) is 9.59 Å². The Kier molecular flexibility index (Phi) is 19.8. The van der Waals surface area contributed by atoms with Crippen molar-refractivity contribution in [3.8, 4) is 0 Å². The third-order valence-electron chi connectivity index (χ3n) is 4.39. The molecule has 0 atom stereocenters. The molecule has 0 aromatic rings. The van der Waals surface area contributed by atoms with E-state index >= 15 is 0 Å². The van der Waals surface area contributed by atoms with Crippen molar-refractivity contribution < 1.29 is 68.2 Å². The van der Waals surface area contributed by atoms with Crippen LogP contribution < -0.4 is 58.6 Å². The van der Waals surface area contributed by atoms with Gasteiger partial charge in [-0.25, -0.2) is 0 Å². The van der Waals surface area contributed by atoms with Crippen LogP contribution in [0.3, 0.4) is 0 Å². The number of carboxylic acid groups (broad SMARTS) is 2. The van der Waals surface area contributed by atoms with Crippen molar-refractivity contribution in [3.63, 3.8) is 0 Å². The minimum Gasteiger partial charge on any atom is -0.549 e. The second-order valence-electron chi connectivity index (χ2n) is 6.28. The van der Waals surface area contributed by atoms with Crippen LogP contribution in [0.1, 0.15) is 85.0 Å². The van der Waals surface area contributed by atoms with Gasteiger partial charge in [0.1, 0.15) is 0 Å². The molecule has 23 heavy (non-hydrogen) atoms. The molecule has 0 rings (SSSR count). The van der Waals surface area contributed by atoms with E-state index in [4.69, 9.17) is 0 Å². The second-order valence-corrected chi connectivity index (χ2v) is 6.28. The monoisotopic (exact) mass is 328 g/mol. The Morgan fingerprint density at radius 2 is 1.17 bits per heavy atom. The van der Waals surface area contributed by atoms with E-state index in [-0.39, 0.29) is 54.8 Å². The zero-order chi connectivity index (χ0) is 16.3. The summed E-state index contributed by atoms with van der Waals surface area (Å²) in [6, 6.07) is 0. The van der Waals surface area contributed by atoms with Crippen molar-refractivity contribution in [2.45, 2.75) is 85.0 Å².